The normalized spacial score (nSPS) is 9.71. The van der Waals surface area contributed by atoms with E-state index in [-0.39, 0.29) is 5.97 Å². The first-order valence-corrected chi connectivity index (χ1v) is 5.78. The molecule has 90 valence electrons. The van der Waals surface area contributed by atoms with Crippen LogP contribution < -0.4 is 0 Å². The average Bonchev–Trinajstić information content (AvgIpc) is 2.29. The molecule has 1 aromatic carbocycles. The fourth-order valence-corrected chi connectivity index (χ4v) is 1.71. The van der Waals surface area contributed by atoms with Crippen LogP contribution in [0, 0.1) is 18.3 Å². The number of benzene rings is 1. The number of hydrogen-bond acceptors (Lipinski definition) is 3. The summed E-state index contributed by atoms with van der Waals surface area (Å²) in [6, 6.07) is 8.06. The molecule has 0 aliphatic heterocycles. The number of rotatable bonds is 5. The molecule has 0 unspecified atom stereocenters. The molecule has 0 bridgehead atoms. The summed E-state index contributed by atoms with van der Waals surface area (Å²) in [4.78, 5) is 11.2. The Kier molecular flexibility index (Phi) is 5.22. The lowest BCUT2D eigenvalue weighted by atomic mass is 10.0. The van der Waals surface area contributed by atoms with Crippen LogP contribution in [0.15, 0.2) is 18.2 Å². The Labute approximate surface area is 102 Å². The van der Waals surface area contributed by atoms with Crippen molar-refractivity contribution >= 4 is 5.97 Å². The molecule has 0 radical (unpaired) electrons. The van der Waals surface area contributed by atoms with Crippen LogP contribution in [-0.2, 0) is 22.4 Å². The predicted molar refractivity (Wildman–Crippen MR) is 65.5 cm³/mol. The maximum absolute atomic E-state index is 11.2. The van der Waals surface area contributed by atoms with Crippen molar-refractivity contribution in [1.82, 2.24) is 0 Å². The second-order valence-electron chi connectivity index (χ2n) is 3.90. The molecule has 0 spiro atoms. The summed E-state index contributed by atoms with van der Waals surface area (Å²) < 4.78 is 4.88. The van der Waals surface area contributed by atoms with Crippen LogP contribution in [0.25, 0.3) is 0 Å². The Morgan fingerprint density at radius 3 is 2.82 bits per heavy atom. The number of carbonyl (C=O) groups excluding carboxylic acids is 1. The van der Waals surface area contributed by atoms with Crippen LogP contribution in [0.2, 0.25) is 0 Å². The number of ether oxygens (including phenoxy) is 1. The van der Waals surface area contributed by atoms with E-state index in [1.54, 1.807) is 6.92 Å². The van der Waals surface area contributed by atoms with Gasteiger partial charge >= 0.3 is 5.97 Å². The highest BCUT2D eigenvalue weighted by Gasteiger charge is 2.05. The van der Waals surface area contributed by atoms with E-state index >= 15 is 0 Å². The zero-order chi connectivity index (χ0) is 12.7. The zero-order valence-electron chi connectivity index (χ0n) is 10.3. The fourth-order valence-electron chi connectivity index (χ4n) is 1.71. The van der Waals surface area contributed by atoms with Gasteiger partial charge in [-0.25, -0.2) is 0 Å². The van der Waals surface area contributed by atoms with Crippen LogP contribution in [0.4, 0.5) is 0 Å². The molecular weight excluding hydrogens is 214 g/mol. The lowest BCUT2D eigenvalue weighted by Gasteiger charge is -2.07. The number of hydrogen-bond donors (Lipinski definition) is 0. The summed E-state index contributed by atoms with van der Waals surface area (Å²) in [6.45, 7) is 4.24. The summed E-state index contributed by atoms with van der Waals surface area (Å²) in [5, 5.41) is 8.60. The summed E-state index contributed by atoms with van der Waals surface area (Å²) in [7, 11) is 0. The quantitative estimate of drug-likeness (QED) is 0.732. The first-order valence-electron chi connectivity index (χ1n) is 5.78. The van der Waals surface area contributed by atoms with E-state index in [1.165, 1.54) is 0 Å². The van der Waals surface area contributed by atoms with Crippen LogP contribution in [0.3, 0.4) is 0 Å². The smallest absolute Gasteiger partial charge is 0.306 e. The van der Waals surface area contributed by atoms with E-state index < -0.39 is 0 Å². The molecule has 0 N–H and O–H groups in total. The molecule has 0 saturated carbocycles. The Morgan fingerprint density at radius 2 is 2.24 bits per heavy atom. The van der Waals surface area contributed by atoms with E-state index in [0.717, 1.165) is 16.7 Å². The number of aryl methyl sites for hydroxylation is 2. The second-order valence-corrected chi connectivity index (χ2v) is 3.90. The van der Waals surface area contributed by atoms with E-state index in [0.29, 0.717) is 25.9 Å². The minimum Gasteiger partial charge on any atom is -0.466 e. The van der Waals surface area contributed by atoms with Gasteiger partial charge in [0.2, 0.25) is 0 Å². The van der Waals surface area contributed by atoms with Gasteiger partial charge in [0.05, 0.1) is 19.1 Å². The Balaban J connectivity index is 2.61. The number of nitrogens with zero attached hydrogens (tertiary/aromatic N) is 1. The predicted octanol–water partition coefficient (Wildman–Crippen LogP) is 2.56. The molecule has 3 heteroatoms. The standard InChI is InChI=1S/C14H17NO2/c1-3-17-14(16)7-6-13-5-4-12(8-9-15)10-11(13)2/h4-5,10H,3,6-8H2,1-2H3. The molecule has 0 aromatic heterocycles. The number of esters is 1. The summed E-state index contributed by atoms with van der Waals surface area (Å²) >= 11 is 0. The third-order valence-corrected chi connectivity index (χ3v) is 2.59. The summed E-state index contributed by atoms with van der Waals surface area (Å²) in [6.07, 6.45) is 1.53. The van der Waals surface area contributed by atoms with Gasteiger partial charge in [0.1, 0.15) is 0 Å². The van der Waals surface area contributed by atoms with Crippen molar-refractivity contribution in [3.05, 3.63) is 34.9 Å². The van der Waals surface area contributed by atoms with Gasteiger partial charge in [0.25, 0.3) is 0 Å². The molecule has 0 aliphatic rings. The van der Waals surface area contributed by atoms with Crippen LogP contribution in [0.5, 0.6) is 0 Å². The Morgan fingerprint density at radius 1 is 1.47 bits per heavy atom. The lowest BCUT2D eigenvalue weighted by molar-refractivity contribution is -0.143. The third kappa shape index (κ3) is 4.28. The first kappa shape index (κ1) is 13.2. The minimum absolute atomic E-state index is 0.159. The van der Waals surface area contributed by atoms with Crippen molar-refractivity contribution < 1.29 is 9.53 Å². The highest BCUT2D eigenvalue weighted by molar-refractivity contribution is 5.69. The molecule has 0 fully saturated rings. The molecule has 0 heterocycles. The van der Waals surface area contributed by atoms with Gasteiger partial charge in [-0.15, -0.1) is 0 Å². The maximum atomic E-state index is 11.2. The molecular formula is C14H17NO2. The van der Waals surface area contributed by atoms with Crippen LogP contribution >= 0.6 is 0 Å². The van der Waals surface area contributed by atoms with Gasteiger partial charge in [0.15, 0.2) is 0 Å². The third-order valence-electron chi connectivity index (χ3n) is 2.59. The number of carbonyl (C=O) groups is 1. The molecule has 0 saturated heterocycles. The Hall–Kier alpha value is -1.82. The summed E-state index contributed by atoms with van der Waals surface area (Å²) in [5.74, 6) is -0.159. The monoisotopic (exact) mass is 231 g/mol. The van der Waals surface area contributed by atoms with Crippen molar-refractivity contribution in [3.63, 3.8) is 0 Å². The topological polar surface area (TPSA) is 50.1 Å². The van der Waals surface area contributed by atoms with Crippen molar-refractivity contribution in [1.29, 1.82) is 5.26 Å². The lowest BCUT2D eigenvalue weighted by Crippen LogP contribution is -2.05. The summed E-state index contributed by atoms with van der Waals surface area (Å²) in [5.41, 5.74) is 3.28. The van der Waals surface area contributed by atoms with E-state index in [1.807, 2.05) is 25.1 Å². The van der Waals surface area contributed by atoms with Crippen LogP contribution in [0.1, 0.15) is 30.0 Å². The first-order chi connectivity index (χ1) is 8.17. The van der Waals surface area contributed by atoms with E-state index in [4.69, 9.17) is 10.00 Å². The van der Waals surface area contributed by atoms with Crippen molar-refractivity contribution in [2.45, 2.75) is 33.1 Å². The molecule has 17 heavy (non-hydrogen) atoms. The van der Waals surface area contributed by atoms with Gasteiger partial charge in [-0.2, -0.15) is 5.26 Å². The minimum atomic E-state index is -0.159. The van der Waals surface area contributed by atoms with Crippen molar-refractivity contribution in [2.24, 2.45) is 0 Å². The SMILES string of the molecule is CCOC(=O)CCc1ccc(CC#N)cc1C. The molecule has 0 atom stereocenters. The zero-order valence-corrected chi connectivity index (χ0v) is 10.3. The Bertz CT molecular complexity index is 432. The van der Waals surface area contributed by atoms with Crippen molar-refractivity contribution in [3.8, 4) is 6.07 Å². The molecule has 1 aromatic rings. The highest BCUT2D eigenvalue weighted by Crippen LogP contribution is 2.13. The van der Waals surface area contributed by atoms with Gasteiger partial charge in [-0.3, -0.25) is 4.79 Å². The van der Waals surface area contributed by atoms with Gasteiger partial charge < -0.3 is 4.74 Å². The average molecular weight is 231 g/mol. The molecule has 0 aliphatic carbocycles. The van der Waals surface area contributed by atoms with Crippen molar-refractivity contribution in [2.75, 3.05) is 6.61 Å². The van der Waals surface area contributed by atoms with E-state index in [9.17, 15) is 4.79 Å². The van der Waals surface area contributed by atoms with Crippen LogP contribution in [-0.4, -0.2) is 12.6 Å². The highest BCUT2D eigenvalue weighted by atomic mass is 16.5. The van der Waals surface area contributed by atoms with E-state index in [2.05, 4.69) is 6.07 Å². The molecule has 1 rings (SSSR count). The van der Waals surface area contributed by atoms with Gasteiger partial charge in [0, 0.05) is 6.42 Å². The number of nitriles is 1. The molecule has 0 amide bonds. The van der Waals surface area contributed by atoms with Gasteiger partial charge in [-0.1, -0.05) is 18.2 Å². The maximum Gasteiger partial charge on any atom is 0.306 e. The second kappa shape index (κ2) is 6.70. The molecule has 3 nitrogen and oxygen atoms in total. The largest absolute Gasteiger partial charge is 0.466 e. The van der Waals surface area contributed by atoms with Gasteiger partial charge in [-0.05, 0) is 37.0 Å². The fraction of sp³-hybridized carbons (Fsp3) is 0.429.